The second-order valence-electron chi connectivity index (χ2n) is 8.54. The van der Waals surface area contributed by atoms with Gasteiger partial charge in [-0.05, 0) is 81.4 Å². The Kier molecular flexibility index (Phi) is 8.59. The molecule has 0 aliphatic carbocycles. The molecule has 0 radical (unpaired) electrons. The second-order valence-corrected chi connectivity index (χ2v) is 9.86. The first-order valence-electron chi connectivity index (χ1n) is 9.92. The molecular weight excluding hydrogens is 478 g/mol. The summed E-state index contributed by atoms with van der Waals surface area (Å²) in [6, 6.07) is 12.1. The van der Waals surface area contributed by atoms with E-state index in [1.54, 1.807) is 36.4 Å². The molecule has 31 heavy (non-hydrogen) atoms. The molecule has 2 rings (SSSR count). The summed E-state index contributed by atoms with van der Waals surface area (Å²) in [6.45, 7) is 10.3. The van der Waals surface area contributed by atoms with Crippen LogP contribution in [-0.2, 0) is 0 Å². The monoisotopic (exact) mass is 505 g/mol. The van der Waals surface area contributed by atoms with E-state index in [1.165, 1.54) is 0 Å². The Bertz CT molecular complexity index is 954. The summed E-state index contributed by atoms with van der Waals surface area (Å²) in [6.07, 6.45) is 0. The summed E-state index contributed by atoms with van der Waals surface area (Å²) >= 11 is 8.66. The molecule has 2 amide bonds. The molecule has 0 unspecified atom stereocenters. The Balaban J connectivity index is 2.02. The number of anilines is 1. The highest BCUT2D eigenvalue weighted by Gasteiger charge is 2.17. The molecule has 0 fully saturated rings. The predicted octanol–water partition coefficient (Wildman–Crippen LogP) is 5.14. The largest absolute Gasteiger partial charge is 0.492 e. The summed E-state index contributed by atoms with van der Waals surface area (Å²) in [5, 5.41) is 8.68. The quantitative estimate of drug-likeness (QED) is 0.473. The first-order valence-corrected chi connectivity index (χ1v) is 11.1. The average Bonchev–Trinajstić information content (AvgIpc) is 2.65. The summed E-state index contributed by atoms with van der Waals surface area (Å²) < 4.78 is 6.52. The Hall–Kier alpha value is -2.45. The van der Waals surface area contributed by atoms with Crippen molar-refractivity contribution in [1.29, 1.82) is 0 Å². The van der Waals surface area contributed by atoms with E-state index in [-0.39, 0.29) is 22.5 Å². The van der Waals surface area contributed by atoms with Gasteiger partial charge in [0.15, 0.2) is 5.11 Å². The molecule has 0 saturated heterocycles. The maximum Gasteiger partial charge on any atom is 0.261 e. The Morgan fingerprint density at radius 1 is 1.06 bits per heavy atom. The lowest BCUT2D eigenvalue weighted by molar-refractivity contribution is 0.0918. The smallest absolute Gasteiger partial charge is 0.261 e. The van der Waals surface area contributed by atoms with Crippen LogP contribution in [0.1, 0.15) is 55.3 Å². The van der Waals surface area contributed by atoms with E-state index < -0.39 is 0 Å². The second kappa shape index (κ2) is 10.7. The maximum absolute atomic E-state index is 12.7. The lowest BCUT2D eigenvalue weighted by Gasteiger charge is -2.20. The normalized spacial score (nSPS) is 11.1. The van der Waals surface area contributed by atoms with Gasteiger partial charge in [-0.25, -0.2) is 0 Å². The van der Waals surface area contributed by atoms with Gasteiger partial charge in [-0.1, -0.05) is 29.8 Å². The van der Waals surface area contributed by atoms with Gasteiger partial charge in [0.05, 0.1) is 12.2 Å². The molecule has 0 bridgehead atoms. The standard InChI is InChI=1S/C23H28BrN3O3S/c1-14(2)13-30-19-11-8-16(24)12-18(19)21(29)26-22(31)25-17-9-6-15(7-10-17)20(28)27-23(3,4)5/h6-12,14H,13H2,1-5H3,(H,27,28)(H2,25,26,29,31). The first kappa shape index (κ1) is 24.8. The molecule has 2 aromatic rings. The minimum atomic E-state index is -0.376. The van der Waals surface area contributed by atoms with Crippen molar-refractivity contribution in [3.63, 3.8) is 0 Å². The summed E-state index contributed by atoms with van der Waals surface area (Å²) in [4.78, 5) is 25.0. The number of benzene rings is 2. The van der Waals surface area contributed by atoms with E-state index >= 15 is 0 Å². The zero-order chi connectivity index (χ0) is 23.2. The molecule has 0 aliphatic heterocycles. The third-order valence-corrected chi connectivity index (χ3v) is 4.58. The molecule has 166 valence electrons. The number of hydrogen-bond donors (Lipinski definition) is 3. The zero-order valence-electron chi connectivity index (χ0n) is 18.3. The van der Waals surface area contributed by atoms with Crippen LogP contribution in [0.4, 0.5) is 5.69 Å². The number of carbonyl (C=O) groups excluding carboxylic acids is 2. The number of carbonyl (C=O) groups is 2. The third kappa shape index (κ3) is 8.30. The van der Waals surface area contributed by atoms with Crippen molar-refractivity contribution in [2.24, 2.45) is 5.92 Å². The summed E-state index contributed by atoms with van der Waals surface area (Å²) in [5.41, 5.74) is 1.26. The highest BCUT2D eigenvalue weighted by molar-refractivity contribution is 9.10. The Morgan fingerprint density at radius 2 is 1.71 bits per heavy atom. The van der Waals surface area contributed by atoms with Crippen molar-refractivity contribution in [2.45, 2.75) is 40.2 Å². The van der Waals surface area contributed by atoms with Crippen LogP contribution in [-0.4, -0.2) is 29.1 Å². The van der Waals surface area contributed by atoms with Crippen molar-refractivity contribution in [2.75, 3.05) is 11.9 Å². The highest BCUT2D eigenvalue weighted by Crippen LogP contribution is 2.24. The van der Waals surface area contributed by atoms with Gasteiger partial charge in [-0.3, -0.25) is 14.9 Å². The number of rotatable bonds is 6. The topological polar surface area (TPSA) is 79.5 Å². The molecule has 0 saturated carbocycles. The highest BCUT2D eigenvalue weighted by atomic mass is 79.9. The van der Waals surface area contributed by atoms with Crippen LogP contribution in [0.25, 0.3) is 0 Å². The minimum Gasteiger partial charge on any atom is -0.492 e. The van der Waals surface area contributed by atoms with Gasteiger partial charge >= 0.3 is 0 Å². The maximum atomic E-state index is 12.7. The molecule has 0 atom stereocenters. The minimum absolute atomic E-state index is 0.145. The number of nitrogens with one attached hydrogen (secondary N) is 3. The van der Waals surface area contributed by atoms with Crippen LogP contribution < -0.4 is 20.7 Å². The number of ether oxygens (including phenoxy) is 1. The molecule has 0 heterocycles. The number of hydrogen-bond acceptors (Lipinski definition) is 4. The molecule has 0 aliphatic rings. The molecule has 2 aromatic carbocycles. The van der Waals surface area contributed by atoms with E-state index in [1.807, 2.05) is 40.7 Å². The molecule has 0 aromatic heterocycles. The fraction of sp³-hybridized carbons (Fsp3) is 0.348. The van der Waals surface area contributed by atoms with Crippen LogP contribution in [0.3, 0.4) is 0 Å². The van der Waals surface area contributed by atoms with Gasteiger partial charge in [-0.15, -0.1) is 0 Å². The number of thiocarbonyl (C=S) groups is 1. The van der Waals surface area contributed by atoms with Crippen LogP contribution in [0.15, 0.2) is 46.9 Å². The lowest BCUT2D eigenvalue weighted by atomic mass is 10.1. The van der Waals surface area contributed by atoms with Crippen molar-refractivity contribution in [3.05, 3.63) is 58.1 Å². The molecular formula is C23H28BrN3O3S. The fourth-order valence-electron chi connectivity index (χ4n) is 2.51. The van der Waals surface area contributed by atoms with Crippen LogP contribution in [0.5, 0.6) is 5.75 Å². The van der Waals surface area contributed by atoms with Crippen LogP contribution >= 0.6 is 28.1 Å². The van der Waals surface area contributed by atoms with Gasteiger partial charge in [0.25, 0.3) is 11.8 Å². The van der Waals surface area contributed by atoms with E-state index in [0.717, 1.165) is 4.47 Å². The van der Waals surface area contributed by atoms with E-state index in [9.17, 15) is 9.59 Å². The zero-order valence-corrected chi connectivity index (χ0v) is 20.7. The van der Waals surface area contributed by atoms with E-state index in [2.05, 4.69) is 31.9 Å². The van der Waals surface area contributed by atoms with Crippen molar-refractivity contribution in [1.82, 2.24) is 10.6 Å². The van der Waals surface area contributed by atoms with Crippen molar-refractivity contribution >= 4 is 50.8 Å². The van der Waals surface area contributed by atoms with E-state index in [0.29, 0.717) is 35.1 Å². The van der Waals surface area contributed by atoms with Crippen molar-refractivity contribution in [3.8, 4) is 5.75 Å². The fourth-order valence-corrected chi connectivity index (χ4v) is 3.08. The van der Waals surface area contributed by atoms with Gasteiger partial charge in [0.2, 0.25) is 0 Å². The summed E-state index contributed by atoms with van der Waals surface area (Å²) in [5.74, 6) is 0.291. The number of halogens is 1. The Morgan fingerprint density at radius 3 is 2.29 bits per heavy atom. The van der Waals surface area contributed by atoms with Crippen LogP contribution in [0.2, 0.25) is 0 Å². The molecule has 0 spiro atoms. The average molecular weight is 506 g/mol. The van der Waals surface area contributed by atoms with Crippen LogP contribution in [0, 0.1) is 5.92 Å². The predicted molar refractivity (Wildman–Crippen MR) is 132 cm³/mol. The van der Waals surface area contributed by atoms with E-state index in [4.69, 9.17) is 17.0 Å². The lowest BCUT2D eigenvalue weighted by Crippen LogP contribution is -2.40. The van der Waals surface area contributed by atoms with Crippen molar-refractivity contribution < 1.29 is 14.3 Å². The third-order valence-electron chi connectivity index (χ3n) is 3.88. The molecule has 3 N–H and O–H groups in total. The van der Waals surface area contributed by atoms with Gasteiger partial charge in [-0.2, -0.15) is 0 Å². The van der Waals surface area contributed by atoms with Gasteiger partial charge in [0.1, 0.15) is 5.75 Å². The Labute approximate surface area is 197 Å². The van der Waals surface area contributed by atoms with Gasteiger partial charge < -0.3 is 15.4 Å². The number of amides is 2. The molecule has 8 heteroatoms. The first-order chi connectivity index (χ1) is 14.4. The van der Waals surface area contributed by atoms with Gasteiger partial charge in [0, 0.05) is 21.3 Å². The summed E-state index contributed by atoms with van der Waals surface area (Å²) in [7, 11) is 0. The molecule has 6 nitrogen and oxygen atoms in total. The SMILES string of the molecule is CC(C)COc1ccc(Br)cc1C(=O)NC(=S)Nc1ccc(C(=O)NC(C)(C)C)cc1.